The largest absolute Gasteiger partial charge is 0.385 e. The molecule has 1 heteroatoms. The molecule has 0 aromatic heterocycles. The lowest BCUT2D eigenvalue weighted by Crippen LogP contribution is -2.25. The summed E-state index contributed by atoms with van der Waals surface area (Å²) >= 11 is 0. The van der Waals surface area contributed by atoms with Crippen molar-refractivity contribution in [1.82, 2.24) is 0 Å². The summed E-state index contributed by atoms with van der Waals surface area (Å²) in [6.07, 6.45) is 0.585. The highest BCUT2D eigenvalue weighted by Gasteiger charge is 2.27. The molecule has 0 aliphatic heterocycles. The predicted octanol–water partition coefficient (Wildman–Crippen LogP) is 6.27. The third kappa shape index (κ3) is 3.39. The van der Waals surface area contributed by atoms with Crippen molar-refractivity contribution in [1.29, 1.82) is 0 Å². The summed E-state index contributed by atoms with van der Waals surface area (Å²) in [6.45, 7) is 4.02. The molecule has 0 heterocycles. The van der Waals surface area contributed by atoms with Gasteiger partial charge in [-0.15, -0.1) is 0 Å². The van der Waals surface area contributed by atoms with Gasteiger partial charge in [0.1, 0.15) is 0 Å². The minimum atomic E-state index is -0.959. The van der Waals surface area contributed by atoms with E-state index in [1.165, 1.54) is 21.9 Å². The van der Waals surface area contributed by atoms with Crippen LogP contribution in [0.5, 0.6) is 0 Å². The second-order valence-corrected chi connectivity index (χ2v) is 7.45. The maximum Gasteiger partial charge on any atom is 0.0914 e. The van der Waals surface area contributed by atoms with E-state index in [0.717, 1.165) is 16.7 Å². The van der Waals surface area contributed by atoms with Crippen LogP contribution in [0.15, 0.2) is 91.0 Å². The van der Waals surface area contributed by atoms with Crippen molar-refractivity contribution in [3.05, 3.63) is 108 Å². The first-order chi connectivity index (χ1) is 13.1. The molecule has 134 valence electrons. The van der Waals surface area contributed by atoms with Gasteiger partial charge in [0, 0.05) is 6.42 Å². The summed E-state index contributed by atoms with van der Waals surface area (Å²) in [4.78, 5) is 0. The fourth-order valence-electron chi connectivity index (χ4n) is 3.92. The second kappa shape index (κ2) is 7.02. The number of hydrogen-bond acceptors (Lipinski definition) is 1. The zero-order chi connectivity index (χ0) is 18.9. The number of rotatable bonds is 4. The molecule has 4 aromatic carbocycles. The molecule has 0 amide bonds. The Labute approximate surface area is 160 Å². The molecule has 0 saturated heterocycles. The Bertz CT molecular complexity index is 1090. The molecule has 27 heavy (non-hydrogen) atoms. The van der Waals surface area contributed by atoms with Crippen molar-refractivity contribution in [2.75, 3.05) is 0 Å². The Balaban J connectivity index is 1.85. The van der Waals surface area contributed by atoms with Crippen molar-refractivity contribution < 1.29 is 5.11 Å². The van der Waals surface area contributed by atoms with Crippen molar-refractivity contribution in [2.24, 2.45) is 0 Å². The Morgan fingerprint density at radius 1 is 0.704 bits per heavy atom. The first-order valence-electron chi connectivity index (χ1n) is 9.41. The molecule has 0 spiro atoms. The lowest BCUT2D eigenvalue weighted by atomic mass is 9.82. The van der Waals surface area contributed by atoms with E-state index in [1.54, 1.807) is 0 Å². The topological polar surface area (TPSA) is 20.2 Å². The molecule has 0 fully saturated rings. The van der Waals surface area contributed by atoms with E-state index in [0.29, 0.717) is 6.42 Å². The molecule has 1 atom stereocenters. The highest BCUT2D eigenvalue weighted by atomic mass is 16.3. The van der Waals surface area contributed by atoms with Crippen molar-refractivity contribution in [3.8, 4) is 11.1 Å². The average Bonchev–Trinajstić information content (AvgIpc) is 2.69. The van der Waals surface area contributed by atoms with Crippen LogP contribution >= 0.6 is 0 Å². The van der Waals surface area contributed by atoms with Gasteiger partial charge in [-0.2, -0.15) is 0 Å². The van der Waals surface area contributed by atoms with E-state index in [9.17, 15) is 5.11 Å². The van der Waals surface area contributed by atoms with Gasteiger partial charge in [0.25, 0.3) is 0 Å². The number of aryl methyl sites for hydroxylation is 1. The number of benzene rings is 4. The standard InChI is InChI=1S/C26H24O/c1-19-10-3-4-12-21(19)18-26(2,27)25-17-8-7-15-24(25)23-16-9-13-20-11-5-6-14-22(20)23/h3-17,27H,18H2,1-2H3/t26-/m0/s1. The molecular weight excluding hydrogens is 328 g/mol. The van der Waals surface area contributed by atoms with Crippen LogP contribution in [-0.2, 0) is 12.0 Å². The zero-order valence-electron chi connectivity index (χ0n) is 15.8. The van der Waals surface area contributed by atoms with Crippen LogP contribution in [0.25, 0.3) is 21.9 Å². The summed E-state index contributed by atoms with van der Waals surface area (Å²) in [5, 5.41) is 13.9. The fraction of sp³-hybridized carbons (Fsp3) is 0.154. The Hall–Kier alpha value is -2.90. The fourth-order valence-corrected chi connectivity index (χ4v) is 3.92. The van der Waals surface area contributed by atoms with Gasteiger partial charge in [-0.05, 0) is 52.4 Å². The average molecular weight is 352 g/mol. The lowest BCUT2D eigenvalue weighted by molar-refractivity contribution is 0.0580. The van der Waals surface area contributed by atoms with Crippen LogP contribution in [0.2, 0.25) is 0 Å². The summed E-state index contributed by atoms with van der Waals surface area (Å²) in [5.41, 5.74) is 4.64. The van der Waals surface area contributed by atoms with Crippen LogP contribution in [0.3, 0.4) is 0 Å². The van der Waals surface area contributed by atoms with Crippen LogP contribution in [0, 0.1) is 6.92 Å². The normalized spacial score (nSPS) is 13.4. The highest BCUT2D eigenvalue weighted by molar-refractivity contribution is 5.97. The molecule has 1 N–H and O–H groups in total. The summed E-state index contributed by atoms with van der Waals surface area (Å²) < 4.78 is 0. The minimum Gasteiger partial charge on any atom is -0.385 e. The maximum atomic E-state index is 11.5. The molecular formula is C26H24O. The monoisotopic (exact) mass is 352 g/mol. The predicted molar refractivity (Wildman–Crippen MR) is 114 cm³/mol. The van der Waals surface area contributed by atoms with Gasteiger partial charge in [0.15, 0.2) is 0 Å². The van der Waals surface area contributed by atoms with Gasteiger partial charge in [0.05, 0.1) is 5.60 Å². The van der Waals surface area contributed by atoms with Crippen LogP contribution < -0.4 is 0 Å². The van der Waals surface area contributed by atoms with Crippen LogP contribution in [-0.4, -0.2) is 5.11 Å². The Morgan fingerprint density at radius 2 is 1.33 bits per heavy atom. The molecule has 0 aliphatic carbocycles. The van der Waals surface area contributed by atoms with E-state index < -0.39 is 5.60 Å². The van der Waals surface area contributed by atoms with E-state index >= 15 is 0 Å². The molecule has 0 unspecified atom stereocenters. The van der Waals surface area contributed by atoms with Gasteiger partial charge >= 0.3 is 0 Å². The zero-order valence-corrected chi connectivity index (χ0v) is 15.8. The molecule has 4 aromatic rings. The van der Waals surface area contributed by atoms with Gasteiger partial charge < -0.3 is 5.11 Å². The maximum absolute atomic E-state index is 11.5. The second-order valence-electron chi connectivity index (χ2n) is 7.45. The SMILES string of the molecule is Cc1ccccc1C[C@](C)(O)c1ccccc1-c1cccc2ccccc12. The molecule has 0 saturated carbocycles. The minimum absolute atomic E-state index is 0.585. The Kier molecular flexibility index (Phi) is 4.55. The van der Waals surface area contributed by atoms with E-state index in [4.69, 9.17) is 0 Å². The first kappa shape index (κ1) is 17.5. The molecule has 0 aliphatic rings. The van der Waals surface area contributed by atoms with Crippen molar-refractivity contribution in [3.63, 3.8) is 0 Å². The van der Waals surface area contributed by atoms with Crippen molar-refractivity contribution >= 4 is 10.8 Å². The molecule has 0 bridgehead atoms. The number of fused-ring (bicyclic) bond motifs is 1. The van der Waals surface area contributed by atoms with E-state index in [1.807, 2.05) is 31.2 Å². The van der Waals surface area contributed by atoms with Gasteiger partial charge in [-0.3, -0.25) is 0 Å². The lowest BCUT2D eigenvalue weighted by Gasteiger charge is -2.28. The van der Waals surface area contributed by atoms with Crippen LogP contribution in [0.4, 0.5) is 0 Å². The molecule has 1 nitrogen and oxygen atoms in total. The number of aliphatic hydroxyl groups is 1. The Morgan fingerprint density at radius 3 is 2.19 bits per heavy atom. The molecule has 4 rings (SSSR count). The van der Waals surface area contributed by atoms with Crippen LogP contribution in [0.1, 0.15) is 23.6 Å². The quantitative estimate of drug-likeness (QED) is 0.459. The molecule has 0 radical (unpaired) electrons. The van der Waals surface area contributed by atoms with E-state index in [-0.39, 0.29) is 0 Å². The van der Waals surface area contributed by atoms with Gasteiger partial charge in [0.2, 0.25) is 0 Å². The smallest absolute Gasteiger partial charge is 0.0914 e. The first-order valence-corrected chi connectivity index (χ1v) is 9.41. The summed E-state index contributed by atoms with van der Waals surface area (Å²) in [7, 11) is 0. The van der Waals surface area contributed by atoms with Gasteiger partial charge in [-0.1, -0.05) is 91.0 Å². The third-order valence-corrected chi connectivity index (χ3v) is 5.38. The number of hydrogen-bond donors (Lipinski definition) is 1. The third-order valence-electron chi connectivity index (χ3n) is 5.38. The summed E-state index contributed by atoms with van der Waals surface area (Å²) in [5.74, 6) is 0. The highest BCUT2D eigenvalue weighted by Crippen LogP contribution is 2.37. The van der Waals surface area contributed by atoms with Crippen molar-refractivity contribution in [2.45, 2.75) is 25.9 Å². The van der Waals surface area contributed by atoms with Gasteiger partial charge in [-0.25, -0.2) is 0 Å². The summed E-state index contributed by atoms with van der Waals surface area (Å²) in [6, 6.07) is 31.3. The van der Waals surface area contributed by atoms with E-state index in [2.05, 4.69) is 73.7 Å².